The largest absolute Gasteiger partial charge is 0.377 e. The molecule has 0 radical (unpaired) electrons. The fourth-order valence-electron chi connectivity index (χ4n) is 2.86. The van der Waals surface area contributed by atoms with E-state index < -0.39 is 0 Å². The van der Waals surface area contributed by atoms with Gasteiger partial charge in [-0.1, -0.05) is 41.9 Å². The Kier molecular flexibility index (Phi) is 4.97. The molecule has 5 heteroatoms. The van der Waals surface area contributed by atoms with Crippen LogP contribution in [-0.2, 0) is 11.3 Å². The van der Waals surface area contributed by atoms with Crippen LogP contribution in [0.3, 0.4) is 0 Å². The number of aromatic nitrogens is 2. The molecule has 4 nitrogen and oxygen atoms in total. The summed E-state index contributed by atoms with van der Waals surface area (Å²) in [6.07, 6.45) is 0. The fourth-order valence-corrected chi connectivity index (χ4v) is 3.09. The molecule has 0 fully saturated rings. The normalized spacial score (nSPS) is 12.3. The Hall–Kier alpha value is -2.17. The van der Waals surface area contributed by atoms with Gasteiger partial charge in [-0.25, -0.2) is 9.97 Å². The number of benzene rings is 2. The van der Waals surface area contributed by atoms with E-state index >= 15 is 0 Å². The lowest BCUT2D eigenvalue weighted by molar-refractivity contribution is 0.177. The Bertz CT molecular complexity index is 866. The number of nitrogens with one attached hydrogen (secondary N) is 1. The summed E-state index contributed by atoms with van der Waals surface area (Å²) in [4.78, 5) is 8.88. The van der Waals surface area contributed by atoms with Crippen LogP contribution >= 0.6 is 11.6 Å². The minimum Gasteiger partial charge on any atom is -0.377 e. The molecule has 3 aromatic rings. The highest BCUT2D eigenvalue weighted by Crippen LogP contribution is 2.31. The first-order valence-electron chi connectivity index (χ1n) is 7.85. The second kappa shape index (κ2) is 7.16. The van der Waals surface area contributed by atoms with Crippen molar-refractivity contribution in [2.45, 2.75) is 26.5 Å². The molecule has 1 unspecified atom stereocenters. The Morgan fingerprint density at radius 1 is 1.12 bits per heavy atom. The molecule has 0 bridgehead atoms. The number of hydrogen-bond donors (Lipinski definition) is 1. The maximum absolute atomic E-state index is 6.32. The third kappa shape index (κ3) is 3.50. The molecule has 124 valence electrons. The first kappa shape index (κ1) is 16.7. The highest BCUT2D eigenvalue weighted by molar-refractivity contribution is 6.35. The van der Waals surface area contributed by atoms with Gasteiger partial charge in [-0.3, -0.25) is 0 Å². The van der Waals surface area contributed by atoms with Crippen LogP contribution in [0.2, 0.25) is 5.02 Å². The number of nitrogens with zero attached hydrogens (tertiary/aromatic N) is 2. The molecular formula is C19H20ClN3O. The Balaban J connectivity index is 1.93. The van der Waals surface area contributed by atoms with E-state index in [0.29, 0.717) is 12.4 Å². The predicted octanol–water partition coefficient (Wildman–Crippen LogP) is 4.91. The van der Waals surface area contributed by atoms with Gasteiger partial charge in [0.25, 0.3) is 0 Å². The van der Waals surface area contributed by atoms with E-state index in [0.717, 1.165) is 27.3 Å². The van der Waals surface area contributed by atoms with Crippen molar-refractivity contribution in [3.63, 3.8) is 0 Å². The van der Waals surface area contributed by atoms with Crippen molar-refractivity contribution in [1.82, 2.24) is 9.97 Å². The lowest BCUT2D eigenvalue weighted by Gasteiger charge is -2.18. The number of rotatable bonds is 5. The molecule has 0 aliphatic rings. The Morgan fingerprint density at radius 3 is 2.62 bits per heavy atom. The summed E-state index contributed by atoms with van der Waals surface area (Å²) >= 11 is 6.32. The molecule has 3 rings (SSSR count). The van der Waals surface area contributed by atoms with Gasteiger partial charge in [-0.2, -0.15) is 0 Å². The molecule has 0 amide bonds. The maximum atomic E-state index is 6.32. The molecule has 24 heavy (non-hydrogen) atoms. The summed E-state index contributed by atoms with van der Waals surface area (Å²) in [7, 11) is 1.64. The van der Waals surface area contributed by atoms with Crippen LogP contribution in [0.15, 0.2) is 42.5 Å². The average Bonchev–Trinajstić information content (AvgIpc) is 2.55. The molecule has 1 atom stereocenters. The fraction of sp³-hybridized carbons (Fsp3) is 0.263. The van der Waals surface area contributed by atoms with Crippen molar-refractivity contribution in [2.75, 3.05) is 12.4 Å². The number of methoxy groups -OCH3 is 1. The molecule has 0 aliphatic heterocycles. The second-order valence-electron chi connectivity index (χ2n) is 5.79. The monoisotopic (exact) mass is 341 g/mol. The third-order valence-corrected chi connectivity index (χ3v) is 4.24. The number of anilines is 1. The van der Waals surface area contributed by atoms with Gasteiger partial charge in [0.1, 0.15) is 12.4 Å². The highest BCUT2D eigenvalue weighted by Gasteiger charge is 2.12. The summed E-state index contributed by atoms with van der Waals surface area (Å²) < 4.78 is 5.13. The molecule has 1 N–H and O–H groups in total. The van der Waals surface area contributed by atoms with Crippen LogP contribution in [0.4, 0.5) is 5.82 Å². The zero-order chi connectivity index (χ0) is 17.1. The zero-order valence-corrected chi connectivity index (χ0v) is 14.8. The lowest BCUT2D eigenvalue weighted by Crippen LogP contribution is -2.11. The smallest absolute Gasteiger partial charge is 0.156 e. The quantitative estimate of drug-likeness (QED) is 0.716. The second-order valence-corrected chi connectivity index (χ2v) is 6.20. The van der Waals surface area contributed by atoms with Crippen LogP contribution < -0.4 is 5.32 Å². The van der Waals surface area contributed by atoms with Crippen molar-refractivity contribution >= 4 is 28.2 Å². The van der Waals surface area contributed by atoms with Crippen LogP contribution in [0.1, 0.15) is 30.0 Å². The standard InChI is InChI=1S/C19H20ClN3O/c1-12-10-18(23-19(21-12)11-24-3)22-13(2)14-8-9-17(20)16-7-5-4-6-15(14)16/h4-10,13H,11H2,1-3H3,(H,21,22,23). The maximum Gasteiger partial charge on any atom is 0.156 e. The first-order chi connectivity index (χ1) is 11.6. The number of aryl methyl sites for hydroxylation is 1. The molecule has 1 heterocycles. The molecule has 2 aromatic carbocycles. The third-order valence-electron chi connectivity index (χ3n) is 3.91. The van der Waals surface area contributed by atoms with Gasteiger partial charge in [0.15, 0.2) is 5.82 Å². The van der Waals surface area contributed by atoms with Gasteiger partial charge in [0.2, 0.25) is 0 Å². The van der Waals surface area contributed by atoms with E-state index in [1.165, 1.54) is 5.56 Å². The van der Waals surface area contributed by atoms with E-state index in [1.54, 1.807) is 7.11 Å². The summed E-state index contributed by atoms with van der Waals surface area (Å²) in [6, 6.07) is 14.2. The molecule has 1 aromatic heterocycles. The lowest BCUT2D eigenvalue weighted by atomic mass is 9.99. The topological polar surface area (TPSA) is 47.0 Å². The van der Waals surface area contributed by atoms with E-state index in [-0.39, 0.29) is 6.04 Å². The van der Waals surface area contributed by atoms with E-state index in [4.69, 9.17) is 16.3 Å². The summed E-state index contributed by atoms with van der Waals surface area (Å²) in [6.45, 7) is 4.46. The van der Waals surface area contributed by atoms with Crippen molar-refractivity contribution in [3.05, 3.63) is 64.6 Å². The number of hydrogen-bond acceptors (Lipinski definition) is 4. The van der Waals surface area contributed by atoms with Crippen molar-refractivity contribution in [3.8, 4) is 0 Å². The van der Waals surface area contributed by atoms with Gasteiger partial charge >= 0.3 is 0 Å². The Morgan fingerprint density at radius 2 is 1.88 bits per heavy atom. The Labute approximate surface area is 146 Å². The van der Waals surface area contributed by atoms with Crippen molar-refractivity contribution in [1.29, 1.82) is 0 Å². The summed E-state index contributed by atoms with van der Waals surface area (Å²) in [5, 5.41) is 6.43. The SMILES string of the molecule is COCc1nc(C)cc(NC(C)c2ccc(Cl)c3ccccc23)n1. The zero-order valence-electron chi connectivity index (χ0n) is 14.0. The minimum atomic E-state index is 0.0804. The number of ether oxygens (including phenoxy) is 1. The number of fused-ring (bicyclic) bond motifs is 1. The molecule has 0 aliphatic carbocycles. The van der Waals surface area contributed by atoms with Crippen molar-refractivity contribution in [2.24, 2.45) is 0 Å². The highest BCUT2D eigenvalue weighted by atomic mass is 35.5. The predicted molar refractivity (Wildman–Crippen MR) is 98.5 cm³/mol. The number of halogens is 1. The molecule has 0 spiro atoms. The van der Waals surface area contributed by atoms with Gasteiger partial charge in [0, 0.05) is 29.3 Å². The van der Waals surface area contributed by atoms with Gasteiger partial charge < -0.3 is 10.1 Å². The van der Waals surface area contributed by atoms with E-state index in [2.05, 4.69) is 34.3 Å². The molecule has 0 saturated heterocycles. The van der Waals surface area contributed by atoms with Gasteiger partial charge in [-0.05, 0) is 30.9 Å². The average molecular weight is 342 g/mol. The van der Waals surface area contributed by atoms with E-state index in [1.807, 2.05) is 37.3 Å². The minimum absolute atomic E-state index is 0.0804. The van der Waals surface area contributed by atoms with Crippen LogP contribution in [0, 0.1) is 6.92 Å². The van der Waals surface area contributed by atoms with Crippen LogP contribution in [0.5, 0.6) is 0 Å². The van der Waals surface area contributed by atoms with Gasteiger partial charge in [0.05, 0.1) is 6.04 Å². The van der Waals surface area contributed by atoms with Crippen LogP contribution in [0.25, 0.3) is 10.8 Å². The molecule has 0 saturated carbocycles. The van der Waals surface area contributed by atoms with E-state index in [9.17, 15) is 0 Å². The molecular weight excluding hydrogens is 322 g/mol. The van der Waals surface area contributed by atoms with Gasteiger partial charge in [-0.15, -0.1) is 0 Å². The summed E-state index contributed by atoms with van der Waals surface area (Å²) in [5.41, 5.74) is 2.09. The first-order valence-corrected chi connectivity index (χ1v) is 8.23. The van der Waals surface area contributed by atoms with Crippen molar-refractivity contribution < 1.29 is 4.74 Å². The summed E-state index contributed by atoms with van der Waals surface area (Å²) in [5.74, 6) is 1.47. The van der Waals surface area contributed by atoms with Crippen LogP contribution in [-0.4, -0.2) is 17.1 Å².